The van der Waals surface area contributed by atoms with Crippen LogP contribution in [0.25, 0.3) is 0 Å². The number of aliphatic hydroxyl groups is 1. The third-order valence-corrected chi connectivity index (χ3v) is 3.05. The lowest BCUT2D eigenvalue weighted by atomic mass is 10.0. The monoisotopic (exact) mass is 276 g/mol. The van der Waals surface area contributed by atoms with E-state index in [0.717, 1.165) is 28.6 Å². The SMILES string of the molecule is OCC1CCc2cc(Br)cc(Cl)c2O1. The first kappa shape index (κ1) is 10.3. The van der Waals surface area contributed by atoms with E-state index < -0.39 is 0 Å². The number of hydrogen-bond donors (Lipinski definition) is 1. The van der Waals surface area contributed by atoms with Crippen molar-refractivity contribution in [3.05, 3.63) is 27.2 Å². The Hall–Kier alpha value is -0.250. The minimum atomic E-state index is -0.110. The van der Waals surface area contributed by atoms with Gasteiger partial charge in [-0.1, -0.05) is 27.5 Å². The first-order valence-electron chi connectivity index (χ1n) is 4.46. The van der Waals surface area contributed by atoms with Gasteiger partial charge in [0.2, 0.25) is 0 Å². The molecule has 0 saturated carbocycles. The molecular formula is C10H10BrClO2. The average Bonchev–Trinajstić information content (AvgIpc) is 2.17. The molecule has 1 N–H and O–H groups in total. The summed E-state index contributed by atoms with van der Waals surface area (Å²) < 4.78 is 6.53. The van der Waals surface area contributed by atoms with E-state index in [2.05, 4.69) is 15.9 Å². The topological polar surface area (TPSA) is 29.5 Å². The molecule has 0 fully saturated rings. The highest BCUT2D eigenvalue weighted by Gasteiger charge is 2.21. The average molecular weight is 278 g/mol. The smallest absolute Gasteiger partial charge is 0.141 e. The second-order valence-electron chi connectivity index (χ2n) is 3.34. The molecule has 0 amide bonds. The fourth-order valence-corrected chi connectivity index (χ4v) is 2.52. The van der Waals surface area contributed by atoms with Crippen LogP contribution in [0.3, 0.4) is 0 Å². The summed E-state index contributed by atoms with van der Waals surface area (Å²) in [5.41, 5.74) is 1.11. The number of halogens is 2. The molecule has 0 saturated heterocycles. The van der Waals surface area contributed by atoms with Gasteiger partial charge in [0.25, 0.3) is 0 Å². The number of hydrogen-bond acceptors (Lipinski definition) is 2. The van der Waals surface area contributed by atoms with Crippen LogP contribution < -0.4 is 4.74 Å². The van der Waals surface area contributed by atoms with Gasteiger partial charge in [0.15, 0.2) is 0 Å². The van der Waals surface area contributed by atoms with Crippen molar-refractivity contribution in [1.29, 1.82) is 0 Å². The second kappa shape index (κ2) is 4.09. The summed E-state index contributed by atoms with van der Waals surface area (Å²) >= 11 is 9.42. The van der Waals surface area contributed by atoms with Gasteiger partial charge in [-0.15, -0.1) is 0 Å². The minimum absolute atomic E-state index is 0.0475. The Kier molecular flexibility index (Phi) is 3.00. The number of benzene rings is 1. The molecule has 0 radical (unpaired) electrons. The molecule has 1 heterocycles. The molecule has 0 aromatic heterocycles. The Labute approximate surface area is 96.0 Å². The molecule has 1 aromatic rings. The number of aliphatic hydroxyl groups excluding tert-OH is 1. The van der Waals surface area contributed by atoms with Crippen LogP contribution in [-0.2, 0) is 6.42 Å². The predicted molar refractivity (Wildman–Crippen MR) is 59.0 cm³/mol. The van der Waals surface area contributed by atoms with Gasteiger partial charge in [0.1, 0.15) is 11.9 Å². The van der Waals surface area contributed by atoms with Crippen molar-refractivity contribution in [2.45, 2.75) is 18.9 Å². The molecule has 76 valence electrons. The third kappa shape index (κ3) is 1.90. The van der Waals surface area contributed by atoms with E-state index in [9.17, 15) is 0 Å². The molecule has 1 aliphatic heterocycles. The van der Waals surface area contributed by atoms with Crippen molar-refractivity contribution in [2.24, 2.45) is 0 Å². The predicted octanol–water partition coefficient (Wildman–Crippen LogP) is 2.79. The summed E-state index contributed by atoms with van der Waals surface area (Å²) in [6.45, 7) is 0.0475. The van der Waals surface area contributed by atoms with Crippen molar-refractivity contribution in [1.82, 2.24) is 0 Å². The molecule has 0 bridgehead atoms. The summed E-state index contributed by atoms with van der Waals surface area (Å²) in [4.78, 5) is 0. The van der Waals surface area contributed by atoms with Crippen LogP contribution in [0.5, 0.6) is 5.75 Å². The number of ether oxygens (including phenoxy) is 1. The van der Waals surface area contributed by atoms with Gasteiger partial charge in [0, 0.05) is 4.47 Å². The Morgan fingerprint density at radius 3 is 3.07 bits per heavy atom. The third-order valence-electron chi connectivity index (χ3n) is 2.31. The molecule has 1 atom stereocenters. The second-order valence-corrected chi connectivity index (χ2v) is 4.66. The molecular weight excluding hydrogens is 267 g/mol. The van der Waals surface area contributed by atoms with Crippen LogP contribution in [0.1, 0.15) is 12.0 Å². The van der Waals surface area contributed by atoms with Gasteiger partial charge in [-0.3, -0.25) is 0 Å². The van der Waals surface area contributed by atoms with Gasteiger partial charge in [-0.05, 0) is 30.5 Å². The molecule has 4 heteroatoms. The highest BCUT2D eigenvalue weighted by atomic mass is 79.9. The zero-order valence-electron chi connectivity index (χ0n) is 7.46. The van der Waals surface area contributed by atoms with Crippen LogP contribution in [-0.4, -0.2) is 17.8 Å². The fraction of sp³-hybridized carbons (Fsp3) is 0.400. The van der Waals surface area contributed by atoms with E-state index in [-0.39, 0.29) is 12.7 Å². The lowest BCUT2D eigenvalue weighted by Crippen LogP contribution is -2.26. The molecule has 0 spiro atoms. The van der Waals surface area contributed by atoms with Crippen LogP contribution in [0.15, 0.2) is 16.6 Å². The molecule has 1 unspecified atom stereocenters. The first-order valence-corrected chi connectivity index (χ1v) is 5.63. The first-order chi connectivity index (χ1) is 6.70. The summed E-state index contributed by atoms with van der Waals surface area (Å²) in [5.74, 6) is 0.722. The van der Waals surface area contributed by atoms with E-state index in [1.165, 1.54) is 0 Å². The van der Waals surface area contributed by atoms with Crippen LogP contribution in [0.2, 0.25) is 5.02 Å². The Bertz CT molecular complexity index is 354. The van der Waals surface area contributed by atoms with E-state index in [1.54, 1.807) is 6.07 Å². The molecule has 0 aliphatic carbocycles. The summed E-state index contributed by atoms with van der Waals surface area (Å²) in [7, 11) is 0. The maximum Gasteiger partial charge on any atom is 0.141 e. The normalized spacial score (nSPS) is 20.1. The lowest BCUT2D eigenvalue weighted by molar-refractivity contribution is 0.0979. The van der Waals surface area contributed by atoms with Crippen molar-refractivity contribution in [2.75, 3.05) is 6.61 Å². The van der Waals surface area contributed by atoms with Crippen molar-refractivity contribution < 1.29 is 9.84 Å². The van der Waals surface area contributed by atoms with E-state index in [1.807, 2.05) is 6.07 Å². The van der Waals surface area contributed by atoms with Crippen molar-refractivity contribution in [3.8, 4) is 5.75 Å². The lowest BCUT2D eigenvalue weighted by Gasteiger charge is -2.25. The van der Waals surface area contributed by atoms with Crippen molar-refractivity contribution >= 4 is 27.5 Å². The molecule has 14 heavy (non-hydrogen) atoms. The Morgan fingerprint density at radius 2 is 2.36 bits per heavy atom. The fourth-order valence-electron chi connectivity index (χ4n) is 1.60. The van der Waals surface area contributed by atoms with Crippen LogP contribution >= 0.6 is 27.5 Å². The largest absolute Gasteiger partial charge is 0.486 e. The summed E-state index contributed by atoms with van der Waals surface area (Å²) in [5, 5.41) is 9.59. The Morgan fingerprint density at radius 1 is 1.57 bits per heavy atom. The Balaban J connectivity index is 2.37. The highest BCUT2D eigenvalue weighted by Crippen LogP contribution is 2.37. The molecule has 2 nitrogen and oxygen atoms in total. The quantitative estimate of drug-likeness (QED) is 0.855. The zero-order chi connectivity index (χ0) is 10.1. The van der Waals surface area contributed by atoms with Gasteiger partial charge in [-0.25, -0.2) is 0 Å². The van der Waals surface area contributed by atoms with Gasteiger partial charge in [-0.2, -0.15) is 0 Å². The standard InChI is InChI=1S/C10H10BrClO2/c11-7-3-6-1-2-8(5-13)14-10(6)9(12)4-7/h3-4,8,13H,1-2,5H2. The van der Waals surface area contributed by atoms with Crippen LogP contribution in [0, 0.1) is 0 Å². The maximum absolute atomic E-state index is 8.98. The molecule has 2 rings (SSSR count). The van der Waals surface area contributed by atoms with Gasteiger partial charge >= 0.3 is 0 Å². The van der Waals surface area contributed by atoms with Crippen molar-refractivity contribution in [3.63, 3.8) is 0 Å². The molecule has 1 aromatic carbocycles. The van der Waals surface area contributed by atoms with Crippen LogP contribution in [0.4, 0.5) is 0 Å². The van der Waals surface area contributed by atoms with E-state index in [4.69, 9.17) is 21.4 Å². The summed E-state index contributed by atoms with van der Waals surface area (Å²) in [6.07, 6.45) is 1.64. The minimum Gasteiger partial charge on any atom is -0.486 e. The summed E-state index contributed by atoms with van der Waals surface area (Å²) in [6, 6.07) is 3.81. The highest BCUT2D eigenvalue weighted by molar-refractivity contribution is 9.10. The number of aryl methyl sites for hydroxylation is 1. The zero-order valence-corrected chi connectivity index (χ0v) is 9.81. The number of rotatable bonds is 1. The van der Waals surface area contributed by atoms with E-state index in [0.29, 0.717) is 5.02 Å². The number of fused-ring (bicyclic) bond motifs is 1. The molecule has 1 aliphatic rings. The maximum atomic E-state index is 8.98. The van der Waals surface area contributed by atoms with Gasteiger partial charge in [0.05, 0.1) is 11.6 Å². The van der Waals surface area contributed by atoms with Gasteiger partial charge < -0.3 is 9.84 Å². The van der Waals surface area contributed by atoms with E-state index >= 15 is 0 Å².